The van der Waals surface area contributed by atoms with Crippen LogP contribution in [0.4, 0.5) is 5.69 Å². The third-order valence-electron chi connectivity index (χ3n) is 2.55. The van der Waals surface area contributed by atoms with Gasteiger partial charge < -0.3 is 15.2 Å². The van der Waals surface area contributed by atoms with Gasteiger partial charge in [-0.25, -0.2) is 4.79 Å². The van der Waals surface area contributed by atoms with Crippen molar-refractivity contribution in [2.45, 2.75) is 27.2 Å². The summed E-state index contributed by atoms with van der Waals surface area (Å²) in [5.74, 6) is 0.183. The molecule has 0 atom stereocenters. The SMILES string of the molecule is COC(=O)c1cc(OCCC(C)(C)C)ccc1N. The largest absolute Gasteiger partial charge is 0.494 e. The molecule has 0 aliphatic heterocycles. The Hall–Kier alpha value is -1.71. The van der Waals surface area contributed by atoms with Crippen LogP contribution in [0, 0.1) is 5.41 Å². The number of carbonyl (C=O) groups is 1. The Kier molecular flexibility index (Phi) is 4.59. The first-order valence-corrected chi connectivity index (χ1v) is 5.94. The Balaban J connectivity index is 2.71. The second-order valence-electron chi connectivity index (χ2n) is 5.40. The minimum atomic E-state index is -0.450. The Morgan fingerprint density at radius 2 is 2.00 bits per heavy atom. The number of nitrogen functional groups attached to an aromatic ring is 1. The lowest BCUT2D eigenvalue weighted by molar-refractivity contribution is 0.0601. The maximum Gasteiger partial charge on any atom is 0.340 e. The van der Waals surface area contributed by atoms with Crippen LogP contribution < -0.4 is 10.5 Å². The van der Waals surface area contributed by atoms with Gasteiger partial charge in [-0.05, 0) is 30.0 Å². The van der Waals surface area contributed by atoms with E-state index in [9.17, 15) is 4.79 Å². The average Bonchev–Trinajstić information content (AvgIpc) is 2.28. The summed E-state index contributed by atoms with van der Waals surface area (Å²) in [6.45, 7) is 7.06. The summed E-state index contributed by atoms with van der Waals surface area (Å²) in [5.41, 5.74) is 6.66. The first-order chi connectivity index (χ1) is 8.33. The van der Waals surface area contributed by atoms with Crippen LogP contribution in [0.5, 0.6) is 5.75 Å². The van der Waals surface area contributed by atoms with E-state index in [0.29, 0.717) is 23.6 Å². The molecule has 4 nitrogen and oxygen atoms in total. The number of nitrogens with two attached hydrogens (primary N) is 1. The molecule has 4 heteroatoms. The molecule has 0 fully saturated rings. The molecule has 0 spiro atoms. The van der Waals surface area contributed by atoms with Crippen molar-refractivity contribution in [2.24, 2.45) is 5.41 Å². The molecule has 0 unspecified atom stereocenters. The average molecular weight is 251 g/mol. The van der Waals surface area contributed by atoms with Crippen LogP contribution in [-0.2, 0) is 4.74 Å². The van der Waals surface area contributed by atoms with Crippen LogP contribution in [0.3, 0.4) is 0 Å². The van der Waals surface area contributed by atoms with E-state index < -0.39 is 5.97 Å². The van der Waals surface area contributed by atoms with Crippen molar-refractivity contribution in [3.8, 4) is 5.75 Å². The molecule has 0 aliphatic rings. The molecule has 2 N–H and O–H groups in total. The highest BCUT2D eigenvalue weighted by Crippen LogP contribution is 2.23. The van der Waals surface area contributed by atoms with E-state index in [1.807, 2.05) is 0 Å². The van der Waals surface area contributed by atoms with E-state index in [2.05, 4.69) is 25.5 Å². The summed E-state index contributed by atoms with van der Waals surface area (Å²) in [7, 11) is 1.33. The monoisotopic (exact) mass is 251 g/mol. The minimum absolute atomic E-state index is 0.221. The number of carbonyl (C=O) groups excluding carboxylic acids is 1. The van der Waals surface area contributed by atoms with Crippen LogP contribution in [0.1, 0.15) is 37.6 Å². The second-order valence-corrected chi connectivity index (χ2v) is 5.40. The maximum atomic E-state index is 11.5. The minimum Gasteiger partial charge on any atom is -0.494 e. The van der Waals surface area contributed by atoms with Gasteiger partial charge in [0.05, 0.1) is 19.3 Å². The molecule has 18 heavy (non-hydrogen) atoms. The molecule has 0 aliphatic carbocycles. The third-order valence-corrected chi connectivity index (χ3v) is 2.55. The molecule has 0 aromatic heterocycles. The molecular formula is C14H21NO3. The summed E-state index contributed by atoms with van der Waals surface area (Å²) < 4.78 is 10.3. The Morgan fingerprint density at radius 1 is 1.33 bits per heavy atom. The predicted octanol–water partition coefficient (Wildman–Crippen LogP) is 2.87. The molecule has 1 aromatic carbocycles. The van der Waals surface area contributed by atoms with Gasteiger partial charge in [-0.1, -0.05) is 20.8 Å². The summed E-state index contributed by atoms with van der Waals surface area (Å²) in [6.07, 6.45) is 0.935. The lowest BCUT2D eigenvalue weighted by atomic mass is 9.93. The smallest absolute Gasteiger partial charge is 0.340 e. The zero-order chi connectivity index (χ0) is 13.8. The van der Waals surface area contributed by atoms with Crippen molar-refractivity contribution in [1.82, 2.24) is 0 Å². The fourth-order valence-corrected chi connectivity index (χ4v) is 1.39. The Morgan fingerprint density at radius 3 is 2.56 bits per heavy atom. The molecule has 0 heterocycles. The molecule has 0 radical (unpaired) electrons. The van der Waals surface area contributed by atoms with Gasteiger partial charge in [0, 0.05) is 5.69 Å². The van der Waals surface area contributed by atoms with Crippen LogP contribution in [0.25, 0.3) is 0 Å². The van der Waals surface area contributed by atoms with Gasteiger partial charge in [0.25, 0.3) is 0 Å². The zero-order valence-corrected chi connectivity index (χ0v) is 11.4. The van der Waals surface area contributed by atoms with Crippen molar-refractivity contribution in [1.29, 1.82) is 0 Å². The first-order valence-electron chi connectivity index (χ1n) is 5.94. The maximum absolute atomic E-state index is 11.5. The number of methoxy groups -OCH3 is 1. The quantitative estimate of drug-likeness (QED) is 0.660. The van der Waals surface area contributed by atoms with Gasteiger partial charge in [-0.3, -0.25) is 0 Å². The van der Waals surface area contributed by atoms with Crippen molar-refractivity contribution in [2.75, 3.05) is 19.5 Å². The van der Waals surface area contributed by atoms with Crippen LogP contribution in [0.2, 0.25) is 0 Å². The van der Waals surface area contributed by atoms with E-state index in [1.54, 1.807) is 18.2 Å². The third kappa shape index (κ3) is 4.28. The standard InChI is InChI=1S/C14H21NO3/c1-14(2,3)7-8-18-10-5-6-12(15)11(9-10)13(16)17-4/h5-6,9H,7-8,15H2,1-4H3. The van der Waals surface area contributed by atoms with Gasteiger partial charge in [0.1, 0.15) is 5.75 Å². The number of benzene rings is 1. The summed E-state index contributed by atoms with van der Waals surface area (Å²) in [6, 6.07) is 5.02. The number of esters is 1. The van der Waals surface area contributed by atoms with Gasteiger partial charge >= 0.3 is 5.97 Å². The summed E-state index contributed by atoms with van der Waals surface area (Å²) in [5, 5.41) is 0. The Bertz CT molecular complexity index is 422. The van der Waals surface area contributed by atoms with Gasteiger partial charge in [0.2, 0.25) is 0 Å². The highest BCUT2D eigenvalue weighted by atomic mass is 16.5. The molecule has 0 saturated carbocycles. The van der Waals surface area contributed by atoms with Gasteiger partial charge in [-0.15, -0.1) is 0 Å². The lowest BCUT2D eigenvalue weighted by Crippen LogP contribution is -2.11. The van der Waals surface area contributed by atoms with E-state index >= 15 is 0 Å². The van der Waals surface area contributed by atoms with Gasteiger partial charge in [-0.2, -0.15) is 0 Å². The van der Waals surface area contributed by atoms with Crippen LogP contribution >= 0.6 is 0 Å². The Labute approximate surface area is 108 Å². The van der Waals surface area contributed by atoms with E-state index in [-0.39, 0.29) is 5.41 Å². The number of ether oxygens (including phenoxy) is 2. The molecule has 0 amide bonds. The zero-order valence-electron chi connectivity index (χ0n) is 11.4. The topological polar surface area (TPSA) is 61.5 Å². The molecule has 100 valence electrons. The molecule has 0 saturated heterocycles. The van der Waals surface area contributed by atoms with Crippen LogP contribution in [-0.4, -0.2) is 19.7 Å². The normalized spacial score (nSPS) is 11.1. The second kappa shape index (κ2) is 5.76. The number of rotatable bonds is 4. The van der Waals surface area contributed by atoms with Crippen molar-refractivity contribution in [3.05, 3.63) is 23.8 Å². The van der Waals surface area contributed by atoms with Crippen molar-refractivity contribution in [3.63, 3.8) is 0 Å². The van der Waals surface area contributed by atoms with E-state index in [4.69, 9.17) is 10.5 Å². The molecule has 1 aromatic rings. The van der Waals surface area contributed by atoms with Crippen molar-refractivity contribution < 1.29 is 14.3 Å². The van der Waals surface area contributed by atoms with E-state index in [0.717, 1.165) is 6.42 Å². The molecular weight excluding hydrogens is 230 g/mol. The summed E-state index contributed by atoms with van der Waals surface area (Å²) in [4.78, 5) is 11.5. The highest BCUT2D eigenvalue weighted by Gasteiger charge is 2.13. The lowest BCUT2D eigenvalue weighted by Gasteiger charge is -2.18. The number of hydrogen-bond acceptors (Lipinski definition) is 4. The molecule has 1 rings (SSSR count). The van der Waals surface area contributed by atoms with Gasteiger partial charge in [0.15, 0.2) is 0 Å². The van der Waals surface area contributed by atoms with Crippen LogP contribution in [0.15, 0.2) is 18.2 Å². The summed E-state index contributed by atoms with van der Waals surface area (Å²) >= 11 is 0. The molecule has 0 bridgehead atoms. The predicted molar refractivity (Wildman–Crippen MR) is 71.8 cm³/mol. The number of hydrogen-bond donors (Lipinski definition) is 1. The first kappa shape index (κ1) is 14.4. The van der Waals surface area contributed by atoms with Crippen molar-refractivity contribution >= 4 is 11.7 Å². The number of anilines is 1. The fraction of sp³-hybridized carbons (Fsp3) is 0.500. The van der Waals surface area contributed by atoms with E-state index in [1.165, 1.54) is 7.11 Å². The highest BCUT2D eigenvalue weighted by molar-refractivity contribution is 5.95. The fourth-order valence-electron chi connectivity index (χ4n) is 1.39.